The molecular formula is C27H44O7. The highest BCUT2D eigenvalue weighted by molar-refractivity contribution is 5.95. The van der Waals surface area contributed by atoms with Crippen LogP contribution in [0.4, 0.5) is 0 Å². The Morgan fingerprint density at radius 1 is 1.12 bits per heavy atom. The molecule has 4 aliphatic rings. The highest BCUT2D eigenvalue weighted by Crippen LogP contribution is 2.68. The summed E-state index contributed by atoms with van der Waals surface area (Å²) >= 11 is 0. The van der Waals surface area contributed by atoms with Crippen LogP contribution in [0.25, 0.3) is 0 Å². The van der Waals surface area contributed by atoms with E-state index in [1.54, 1.807) is 13.0 Å². The number of hydrogen-bond acceptors (Lipinski definition) is 7. The van der Waals surface area contributed by atoms with Gasteiger partial charge in [-0.05, 0) is 93.1 Å². The summed E-state index contributed by atoms with van der Waals surface area (Å²) in [6.07, 6.45) is 2.65. The smallest absolute Gasteiger partial charge is 0.159 e. The molecule has 0 spiro atoms. The third kappa shape index (κ3) is 3.65. The molecule has 4 aliphatic carbocycles. The molecule has 4 rings (SSSR count). The highest BCUT2D eigenvalue weighted by Gasteiger charge is 2.69. The van der Waals surface area contributed by atoms with Crippen LogP contribution in [0.15, 0.2) is 11.6 Å². The molecule has 7 heteroatoms. The molecule has 0 radical (unpaired) electrons. The zero-order valence-corrected chi connectivity index (χ0v) is 21.1. The molecular weight excluding hydrogens is 436 g/mol. The average Bonchev–Trinajstić information content (AvgIpc) is 3.06. The standard InChI is InChI=1S/C27H44O7/c1-15(14-28)5-6-23(32)26(4,33)22-8-10-27(34)17-11-19(29)18-12-20(30)21(31)13-24(18,2)16(17)7-9-25(22,27)3/h11,15-16,18,20-23,28,30-34H,5-10,12-14H2,1-4H3/t15?,16?,18-,20+,21-,22?,23+,24+,25+,26+,27+/m0/s1. The molecule has 3 unspecified atom stereocenters. The topological polar surface area (TPSA) is 138 Å². The van der Waals surface area contributed by atoms with Gasteiger partial charge in [-0.3, -0.25) is 4.79 Å². The van der Waals surface area contributed by atoms with Crippen LogP contribution in [-0.2, 0) is 4.79 Å². The molecule has 34 heavy (non-hydrogen) atoms. The fourth-order valence-electron chi connectivity index (χ4n) is 8.37. The number of rotatable bonds is 6. The van der Waals surface area contributed by atoms with Crippen molar-refractivity contribution in [1.82, 2.24) is 0 Å². The number of aliphatic hydroxyl groups is 6. The summed E-state index contributed by atoms with van der Waals surface area (Å²) in [6.45, 7) is 7.59. The minimum Gasteiger partial charge on any atom is -0.396 e. The van der Waals surface area contributed by atoms with Crippen LogP contribution in [-0.4, -0.2) is 72.5 Å². The van der Waals surface area contributed by atoms with E-state index < -0.39 is 40.3 Å². The van der Waals surface area contributed by atoms with E-state index >= 15 is 0 Å². The zero-order valence-electron chi connectivity index (χ0n) is 21.1. The number of ketones is 1. The van der Waals surface area contributed by atoms with E-state index in [0.717, 1.165) is 12.0 Å². The second-order valence-corrected chi connectivity index (χ2v) is 12.7. The molecule has 3 saturated carbocycles. The summed E-state index contributed by atoms with van der Waals surface area (Å²) in [4.78, 5) is 13.3. The number of hydrogen-bond donors (Lipinski definition) is 6. The quantitative estimate of drug-likeness (QED) is 0.340. The van der Waals surface area contributed by atoms with Gasteiger partial charge in [-0.2, -0.15) is 0 Å². The number of carbonyl (C=O) groups is 1. The van der Waals surface area contributed by atoms with Crippen molar-refractivity contribution in [3.05, 3.63) is 11.6 Å². The third-order valence-corrected chi connectivity index (χ3v) is 10.7. The maximum Gasteiger partial charge on any atom is 0.159 e. The second kappa shape index (κ2) is 8.63. The maximum atomic E-state index is 13.3. The first-order valence-corrected chi connectivity index (χ1v) is 13.1. The highest BCUT2D eigenvalue weighted by atomic mass is 16.3. The summed E-state index contributed by atoms with van der Waals surface area (Å²) in [5.41, 5.74) is -3.21. The first kappa shape index (κ1) is 26.2. The summed E-state index contributed by atoms with van der Waals surface area (Å²) in [5.74, 6) is -0.859. The summed E-state index contributed by atoms with van der Waals surface area (Å²) in [6, 6.07) is 0. The molecule has 0 aromatic carbocycles. The van der Waals surface area contributed by atoms with E-state index in [1.165, 1.54) is 0 Å². The van der Waals surface area contributed by atoms with Gasteiger partial charge in [-0.25, -0.2) is 0 Å². The fraction of sp³-hybridized carbons (Fsp3) is 0.889. The van der Waals surface area contributed by atoms with Crippen molar-refractivity contribution in [1.29, 1.82) is 0 Å². The number of aliphatic hydroxyl groups excluding tert-OH is 4. The summed E-state index contributed by atoms with van der Waals surface area (Å²) < 4.78 is 0. The molecule has 0 saturated heterocycles. The summed E-state index contributed by atoms with van der Waals surface area (Å²) in [7, 11) is 0. The van der Waals surface area contributed by atoms with E-state index in [9.17, 15) is 35.4 Å². The molecule has 0 bridgehead atoms. The normalized spacial score (nSPS) is 47.6. The van der Waals surface area contributed by atoms with Crippen LogP contribution in [0.2, 0.25) is 0 Å². The molecule has 194 valence electrons. The Labute approximate surface area is 202 Å². The minimum atomic E-state index is -1.42. The van der Waals surface area contributed by atoms with Crippen LogP contribution < -0.4 is 0 Å². The van der Waals surface area contributed by atoms with Gasteiger partial charge in [0.2, 0.25) is 0 Å². The lowest BCUT2D eigenvalue weighted by atomic mass is 9.45. The molecule has 0 aliphatic heterocycles. The van der Waals surface area contributed by atoms with E-state index in [2.05, 4.69) is 0 Å². The van der Waals surface area contributed by atoms with Crippen molar-refractivity contribution < 1.29 is 35.4 Å². The first-order chi connectivity index (χ1) is 15.7. The van der Waals surface area contributed by atoms with Gasteiger partial charge >= 0.3 is 0 Å². The van der Waals surface area contributed by atoms with Crippen LogP contribution in [0.3, 0.4) is 0 Å². The van der Waals surface area contributed by atoms with Gasteiger partial charge in [0.05, 0.1) is 29.5 Å². The molecule has 0 amide bonds. The zero-order chi connectivity index (χ0) is 25.3. The minimum absolute atomic E-state index is 0.0326. The molecule has 0 aromatic heterocycles. The largest absolute Gasteiger partial charge is 0.396 e. The second-order valence-electron chi connectivity index (χ2n) is 12.7. The van der Waals surface area contributed by atoms with Crippen LogP contribution in [0, 0.1) is 34.5 Å². The van der Waals surface area contributed by atoms with Gasteiger partial charge in [0.1, 0.15) is 0 Å². The van der Waals surface area contributed by atoms with Crippen molar-refractivity contribution >= 4 is 5.78 Å². The van der Waals surface area contributed by atoms with E-state index in [-0.39, 0.29) is 42.5 Å². The van der Waals surface area contributed by atoms with E-state index in [4.69, 9.17) is 0 Å². The molecule has 6 N–H and O–H groups in total. The fourth-order valence-corrected chi connectivity index (χ4v) is 8.37. The predicted molar refractivity (Wildman–Crippen MR) is 127 cm³/mol. The number of fused-ring (bicyclic) bond motifs is 5. The monoisotopic (exact) mass is 480 g/mol. The van der Waals surface area contributed by atoms with Gasteiger partial charge in [-0.1, -0.05) is 20.8 Å². The van der Waals surface area contributed by atoms with Gasteiger partial charge < -0.3 is 30.6 Å². The lowest BCUT2D eigenvalue weighted by molar-refractivity contribution is -0.176. The van der Waals surface area contributed by atoms with Crippen molar-refractivity contribution in [2.24, 2.45) is 34.5 Å². The Morgan fingerprint density at radius 3 is 2.44 bits per heavy atom. The molecule has 0 aromatic rings. The lowest BCUT2D eigenvalue weighted by Crippen LogP contribution is -2.62. The molecule has 11 atom stereocenters. The van der Waals surface area contributed by atoms with Crippen molar-refractivity contribution in [3.63, 3.8) is 0 Å². The van der Waals surface area contributed by atoms with Crippen molar-refractivity contribution in [3.8, 4) is 0 Å². The summed E-state index contributed by atoms with van der Waals surface area (Å²) in [5, 5.41) is 64.7. The first-order valence-electron chi connectivity index (χ1n) is 13.1. The number of carbonyl (C=O) groups excluding carboxylic acids is 1. The van der Waals surface area contributed by atoms with Crippen LogP contribution in [0.1, 0.15) is 79.1 Å². The molecule has 3 fully saturated rings. The van der Waals surface area contributed by atoms with Gasteiger partial charge in [0, 0.05) is 17.9 Å². The molecule has 7 nitrogen and oxygen atoms in total. The van der Waals surface area contributed by atoms with Crippen molar-refractivity contribution in [2.45, 2.75) is 109 Å². The van der Waals surface area contributed by atoms with Gasteiger partial charge in [0.25, 0.3) is 0 Å². The van der Waals surface area contributed by atoms with E-state index in [0.29, 0.717) is 38.5 Å². The molecule has 0 heterocycles. The van der Waals surface area contributed by atoms with Crippen LogP contribution in [0.5, 0.6) is 0 Å². The van der Waals surface area contributed by atoms with Crippen LogP contribution >= 0.6 is 0 Å². The van der Waals surface area contributed by atoms with E-state index in [1.807, 2.05) is 20.8 Å². The predicted octanol–water partition coefficient (Wildman–Crippen LogP) is 1.71. The third-order valence-electron chi connectivity index (χ3n) is 10.7. The Morgan fingerprint density at radius 2 is 1.79 bits per heavy atom. The Kier molecular flexibility index (Phi) is 6.66. The maximum absolute atomic E-state index is 13.3. The Balaban J connectivity index is 1.65. The SMILES string of the molecule is CC(CO)CC[C@@H](O)[C@](C)(O)C1CC[C@@]2(O)C3=CC(=O)[C@@H]4C[C@@H](O)[C@@H](O)C[C@]4(C)C3CC[C@]12C. The van der Waals surface area contributed by atoms with Gasteiger partial charge in [0.15, 0.2) is 5.78 Å². The Bertz CT molecular complexity index is 839. The van der Waals surface area contributed by atoms with Crippen molar-refractivity contribution in [2.75, 3.05) is 6.61 Å². The number of allylic oxidation sites excluding steroid dienone is 1. The Hall–Kier alpha value is -0.830. The van der Waals surface area contributed by atoms with Gasteiger partial charge in [-0.15, -0.1) is 0 Å². The lowest BCUT2D eigenvalue weighted by Gasteiger charge is -2.60. The average molecular weight is 481 g/mol.